The van der Waals surface area contributed by atoms with Crippen molar-refractivity contribution in [1.82, 2.24) is 15.5 Å². The summed E-state index contributed by atoms with van der Waals surface area (Å²) in [7, 11) is 0. The zero-order valence-electron chi connectivity index (χ0n) is 23.9. The molecule has 1 N–H and O–H groups in total. The fourth-order valence-corrected chi connectivity index (χ4v) is 3.17. The average Bonchev–Trinajstić information content (AvgIpc) is 3.36. The van der Waals surface area contributed by atoms with Gasteiger partial charge in [-0.2, -0.15) is 4.98 Å². The van der Waals surface area contributed by atoms with Crippen molar-refractivity contribution in [2.24, 2.45) is 0 Å². The highest BCUT2D eigenvalue weighted by Crippen LogP contribution is 2.38. The summed E-state index contributed by atoms with van der Waals surface area (Å²) in [4.78, 5) is 7.85. The van der Waals surface area contributed by atoms with E-state index in [0.29, 0.717) is 5.56 Å². The molecule has 0 bridgehead atoms. The molecule has 1 aliphatic carbocycles. The summed E-state index contributed by atoms with van der Waals surface area (Å²) in [5.41, 5.74) is 1.11. The maximum Gasteiger partial charge on any atom is 0.256 e. The third kappa shape index (κ3) is 3.94. The third-order valence-electron chi connectivity index (χ3n) is 4.48. The maximum absolute atomic E-state index is 8.66. The van der Waals surface area contributed by atoms with Crippen molar-refractivity contribution in [2.75, 3.05) is 6.50 Å². The number of rotatable bonds is 7. The predicted octanol–water partition coefficient (Wildman–Crippen LogP) is 5.73. The van der Waals surface area contributed by atoms with Crippen LogP contribution in [0.4, 0.5) is 5.69 Å². The number of nitrogens with one attached hydrogen (secondary N) is 1. The van der Waals surface area contributed by atoms with Crippen LogP contribution in [0.1, 0.15) is 60.3 Å². The van der Waals surface area contributed by atoms with Crippen LogP contribution in [0.2, 0.25) is 0 Å². The molecule has 0 saturated carbocycles. The molecule has 2 aromatic carbocycles. The van der Waals surface area contributed by atoms with E-state index in [4.69, 9.17) is 25.4 Å². The van der Waals surface area contributed by atoms with E-state index < -0.39 is 31.4 Å². The van der Waals surface area contributed by atoms with E-state index >= 15 is 0 Å². The molecule has 0 fully saturated rings. The number of hydrogen-bond acceptors (Lipinski definition) is 5. The van der Waals surface area contributed by atoms with E-state index in [1.54, 1.807) is 45.0 Å². The molecule has 3 aromatic rings. The Morgan fingerprint density at radius 3 is 3.07 bits per heavy atom. The Bertz CT molecular complexity index is 1380. The van der Waals surface area contributed by atoms with Crippen LogP contribution in [-0.2, 0) is 6.37 Å². The molecular formula is C24H26N4O2. The van der Waals surface area contributed by atoms with Gasteiger partial charge in [-0.15, -0.1) is 0 Å². The van der Waals surface area contributed by atoms with Gasteiger partial charge < -0.3 is 14.6 Å². The lowest BCUT2D eigenvalue weighted by Gasteiger charge is -2.13. The van der Waals surface area contributed by atoms with Gasteiger partial charge in [-0.25, -0.2) is 4.85 Å². The van der Waals surface area contributed by atoms with Crippen molar-refractivity contribution in [2.45, 2.75) is 52.1 Å². The van der Waals surface area contributed by atoms with Gasteiger partial charge in [0, 0.05) is 25.4 Å². The van der Waals surface area contributed by atoms with Gasteiger partial charge in [0.2, 0.25) is 11.5 Å². The molecule has 6 nitrogen and oxygen atoms in total. The normalized spacial score (nSPS) is 22.9. The minimum Gasteiger partial charge on any atom is -0.502 e. The molecule has 1 heterocycles. The molecule has 0 aliphatic heterocycles. The van der Waals surface area contributed by atoms with Crippen molar-refractivity contribution >= 4 is 5.69 Å². The highest BCUT2D eigenvalue weighted by Gasteiger charge is 2.26. The van der Waals surface area contributed by atoms with Crippen molar-refractivity contribution in [3.63, 3.8) is 0 Å². The van der Waals surface area contributed by atoms with Gasteiger partial charge in [0.25, 0.3) is 5.89 Å². The van der Waals surface area contributed by atoms with Crippen LogP contribution in [0.3, 0.4) is 0 Å². The number of fused-ring (bicyclic) bond motifs is 1. The van der Waals surface area contributed by atoms with Crippen LogP contribution < -0.4 is 10.1 Å². The SMILES string of the molecule is [2H]C([2H])(CC)N[C@@H]1c2cccc(-c3noc(-c4ccc(OC([2H])(C)C)c([N+]#[C-])c4)n3)c2C([2H])([2H])C1([2H])[2H]. The Balaban J connectivity index is 1.77. The topological polar surface area (TPSA) is 64.5 Å². The molecular weight excluding hydrogens is 376 g/mol. The summed E-state index contributed by atoms with van der Waals surface area (Å²) in [6.45, 7) is 10.3. The van der Waals surface area contributed by atoms with Crippen LogP contribution in [-0.4, -0.2) is 22.7 Å². The van der Waals surface area contributed by atoms with Gasteiger partial charge in [0.15, 0.2) is 0 Å². The Morgan fingerprint density at radius 1 is 1.43 bits per heavy atom. The number of nitrogens with zero attached hydrogens (tertiary/aromatic N) is 3. The predicted molar refractivity (Wildman–Crippen MR) is 117 cm³/mol. The lowest BCUT2D eigenvalue weighted by molar-refractivity contribution is 0.244. The van der Waals surface area contributed by atoms with E-state index in [0.717, 1.165) is 0 Å². The summed E-state index contributed by atoms with van der Waals surface area (Å²) in [5, 5.41) is 6.65. The van der Waals surface area contributed by atoms with Gasteiger partial charge in [0.05, 0.1) is 14.0 Å². The fourth-order valence-electron chi connectivity index (χ4n) is 3.17. The van der Waals surface area contributed by atoms with Crippen LogP contribution in [0, 0.1) is 6.57 Å². The Labute approximate surface area is 186 Å². The summed E-state index contributed by atoms with van der Waals surface area (Å²) >= 11 is 0. The molecule has 0 spiro atoms. The van der Waals surface area contributed by atoms with Gasteiger partial charge in [-0.1, -0.05) is 30.3 Å². The van der Waals surface area contributed by atoms with Crippen molar-refractivity contribution in [1.29, 1.82) is 0 Å². The third-order valence-corrected chi connectivity index (χ3v) is 4.48. The maximum atomic E-state index is 8.66. The molecule has 30 heavy (non-hydrogen) atoms. The van der Waals surface area contributed by atoms with E-state index in [-0.39, 0.29) is 46.3 Å². The number of benzene rings is 2. The van der Waals surface area contributed by atoms with E-state index in [9.17, 15) is 0 Å². The fraction of sp³-hybridized carbons (Fsp3) is 0.375. The zero-order chi connectivity index (χ0) is 27.4. The molecule has 6 heteroatoms. The standard InChI is InChI=1S/C24H26N4O2/c1-5-13-26-20-11-10-17-18(20)7-6-8-19(17)23-27-24(30-28-23)16-9-12-22(29-15(2)3)21(14-16)25-4/h6-9,12,14-15,20,26H,5,10-11,13H2,1-3H3/t20-/m0/s1/i10D2,11D2,13D2,15D. The largest absolute Gasteiger partial charge is 0.502 e. The molecule has 154 valence electrons. The minimum absolute atomic E-state index is 0.0278. The smallest absolute Gasteiger partial charge is 0.256 e. The van der Waals surface area contributed by atoms with Crippen LogP contribution in [0.15, 0.2) is 40.9 Å². The number of aromatic nitrogens is 2. The first-order valence-electron chi connectivity index (χ1n) is 13.1. The summed E-state index contributed by atoms with van der Waals surface area (Å²) in [6.07, 6.45) is -6.12. The minimum atomic E-state index is -2.49. The molecule has 1 aromatic heterocycles. The van der Waals surface area contributed by atoms with Crippen LogP contribution >= 0.6 is 0 Å². The van der Waals surface area contributed by atoms with Gasteiger partial charge >= 0.3 is 0 Å². The number of hydrogen-bond donors (Lipinski definition) is 1. The van der Waals surface area contributed by atoms with Gasteiger partial charge in [-0.05, 0) is 68.8 Å². The lowest BCUT2D eigenvalue weighted by Crippen LogP contribution is -2.19. The Hall–Kier alpha value is -3.17. The molecule has 1 aliphatic rings. The molecule has 0 saturated heterocycles. The summed E-state index contributed by atoms with van der Waals surface area (Å²) < 4.78 is 69.4. The molecule has 0 unspecified atom stereocenters. The lowest BCUT2D eigenvalue weighted by atomic mass is 10.0. The van der Waals surface area contributed by atoms with E-state index in [1.165, 1.54) is 12.1 Å². The Morgan fingerprint density at radius 2 is 2.30 bits per heavy atom. The number of ether oxygens (including phenoxy) is 1. The quantitative estimate of drug-likeness (QED) is 0.505. The van der Waals surface area contributed by atoms with Crippen molar-refractivity contribution in [3.05, 3.63) is 58.9 Å². The van der Waals surface area contributed by atoms with Crippen LogP contribution in [0.5, 0.6) is 5.75 Å². The monoisotopic (exact) mass is 409 g/mol. The van der Waals surface area contributed by atoms with E-state index in [2.05, 4.69) is 20.3 Å². The van der Waals surface area contributed by atoms with Crippen molar-refractivity contribution in [3.8, 4) is 28.6 Å². The van der Waals surface area contributed by atoms with Crippen LogP contribution in [0.25, 0.3) is 27.7 Å². The molecule has 1 atom stereocenters. The van der Waals surface area contributed by atoms with Gasteiger partial charge in [0.1, 0.15) is 5.75 Å². The second kappa shape index (κ2) is 8.68. The molecule has 4 rings (SSSR count). The first kappa shape index (κ1) is 13.2. The highest BCUT2D eigenvalue weighted by atomic mass is 16.5. The summed E-state index contributed by atoms with van der Waals surface area (Å²) in [5.74, 6) is 0.329. The molecule has 0 radical (unpaired) electrons. The second-order valence-corrected chi connectivity index (χ2v) is 6.87. The zero-order valence-corrected chi connectivity index (χ0v) is 16.9. The van der Waals surface area contributed by atoms with Crippen molar-refractivity contribution < 1.29 is 18.9 Å². The average molecular weight is 410 g/mol. The Kier molecular flexibility index (Phi) is 3.82. The first-order chi connectivity index (χ1) is 17.1. The first-order valence-corrected chi connectivity index (χ1v) is 9.57. The second-order valence-electron chi connectivity index (χ2n) is 6.87. The van der Waals surface area contributed by atoms with E-state index in [1.807, 2.05) is 0 Å². The summed E-state index contributed by atoms with van der Waals surface area (Å²) in [6, 6.07) is 8.14. The molecule has 0 amide bonds. The highest BCUT2D eigenvalue weighted by molar-refractivity contribution is 5.70. The van der Waals surface area contributed by atoms with Gasteiger partial charge in [-0.3, -0.25) is 0 Å².